The average Bonchev–Trinajstić information content (AvgIpc) is 3.41. The molecular formula is C19H18N4O4. The number of urea groups is 1. The van der Waals surface area contributed by atoms with Crippen LogP contribution in [0.1, 0.15) is 24.7 Å². The van der Waals surface area contributed by atoms with E-state index in [0.29, 0.717) is 18.7 Å². The van der Waals surface area contributed by atoms with Crippen molar-refractivity contribution in [2.75, 3.05) is 13.1 Å². The van der Waals surface area contributed by atoms with Crippen molar-refractivity contribution >= 4 is 23.6 Å². The predicted molar refractivity (Wildman–Crippen MR) is 95.6 cm³/mol. The molecule has 1 saturated heterocycles. The van der Waals surface area contributed by atoms with Crippen LogP contribution in [-0.2, 0) is 15.1 Å². The van der Waals surface area contributed by atoms with Crippen LogP contribution in [0.3, 0.4) is 0 Å². The lowest BCUT2D eigenvalue weighted by Crippen LogP contribution is -2.43. The number of rotatable bonds is 4. The summed E-state index contributed by atoms with van der Waals surface area (Å²) in [6.07, 6.45) is 2.05. The van der Waals surface area contributed by atoms with Crippen LogP contribution in [0.5, 0.6) is 0 Å². The summed E-state index contributed by atoms with van der Waals surface area (Å²) < 4.78 is 5.28. The van der Waals surface area contributed by atoms with Crippen LogP contribution >= 0.6 is 0 Å². The third-order valence-corrected chi connectivity index (χ3v) is 4.78. The first-order valence-corrected chi connectivity index (χ1v) is 8.60. The van der Waals surface area contributed by atoms with Crippen molar-refractivity contribution in [1.82, 2.24) is 15.2 Å². The highest BCUT2D eigenvalue weighted by Gasteiger charge is 2.51. The number of imide groups is 1. The number of amides is 4. The standard InChI is InChI=1S/C19H18N4O4/c1-19(15-8-5-11-27-15)17(25)22(18(26)20-19)12-16(24)23-10-9-14(21-23)13-6-3-2-4-7-13/h2-8,11H,9-10,12H2,1H3,(H,20,26)/t19-/m0/s1. The number of benzene rings is 1. The minimum Gasteiger partial charge on any atom is -0.466 e. The highest BCUT2D eigenvalue weighted by atomic mass is 16.3. The molecule has 2 aliphatic rings. The van der Waals surface area contributed by atoms with Gasteiger partial charge < -0.3 is 9.73 Å². The number of carbonyl (C=O) groups is 3. The quantitative estimate of drug-likeness (QED) is 0.833. The molecule has 0 saturated carbocycles. The molecular weight excluding hydrogens is 348 g/mol. The zero-order chi connectivity index (χ0) is 19.0. The van der Waals surface area contributed by atoms with Crippen LogP contribution in [-0.4, -0.2) is 46.6 Å². The fourth-order valence-electron chi connectivity index (χ4n) is 3.26. The highest BCUT2D eigenvalue weighted by molar-refractivity contribution is 6.09. The number of hydrogen-bond donors (Lipinski definition) is 1. The van der Waals surface area contributed by atoms with Gasteiger partial charge in [-0.3, -0.25) is 14.5 Å². The van der Waals surface area contributed by atoms with E-state index in [1.54, 1.807) is 19.1 Å². The summed E-state index contributed by atoms with van der Waals surface area (Å²) in [4.78, 5) is 38.5. The predicted octanol–water partition coefficient (Wildman–Crippen LogP) is 1.68. The maximum absolute atomic E-state index is 12.7. The minimum absolute atomic E-state index is 0.321. The molecule has 8 heteroatoms. The van der Waals surface area contributed by atoms with Crippen molar-refractivity contribution in [3.63, 3.8) is 0 Å². The third-order valence-electron chi connectivity index (χ3n) is 4.78. The van der Waals surface area contributed by atoms with E-state index < -0.39 is 23.4 Å². The van der Waals surface area contributed by atoms with Gasteiger partial charge >= 0.3 is 6.03 Å². The summed E-state index contributed by atoms with van der Waals surface area (Å²) in [6.45, 7) is 1.60. The number of nitrogens with zero attached hydrogens (tertiary/aromatic N) is 3. The van der Waals surface area contributed by atoms with Gasteiger partial charge in [-0.15, -0.1) is 0 Å². The van der Waals surface area contributed by atoms with Gasteiger partial charge in [0.2, 0.25) is 0 Å². The second kappa shape index (κ2) is 6.39. The Morgan fingerprint density at radius 1 is 1.22 bits per heavy atom. The molecule has 3 heterocycles. The Labute approximate surface area is 155 Å². The molecule has 0 aliphatic carbocycles. The second-order valence-corrected chi connectivity index (χ2v) is 6.60. The van der Waals surface area contributed by atoms with E-state index in [1.807, 2.05) is 30.3 Å². The average molecular weight is 366 g/mol. The summed E-state index contributed by atoms with van der Waals surface area (Å²) in [5, 5.41) is 8.26. The van der Waals surface area contributed by atoms with Gasteiger partial charge in [0.05, 0.1) is 18.5 Å². The number of furan rings is 1. The number of nitrogens with one attached hydrogen (secondary N) is 1. The minimum atomic E-state index is -1.32. The first-order valence-electron chi connectivity index (χ1n) is 8.60. The number of hydrogen-bond acceptors (Lipinski definition) is 5. The summed E-state index contributed by atoms with van der Waals surface area (Å²) in [6, 6.07) is 12.2. The molecule has 4 rings (SSSR count). The molecule has 1 aromatic heterocycles. The van der Waals surface area contributed by atoms with Crippen LogP contribution in [0.15, 0.2) is 58.2 Å². The van der Waals surface area contributed by atoms with E-state index in [9.17, 15) is 14.4 Å². The fraction of sp³-hybridized carbons (Fsp3) is 0.263. The Balaban J connectivity index is 1.48. The van der Waals surface area contributed by atoms with Gasteiger partial charge in [-0.1, -0.05) is 30.3 Å². The summed E-state index contributed by atoms with van der Waals surface area (Å²) in [5.74, 6) is -0.614. The lowest BCUT2D eigenvalue weighted by Gasteiger charge is -2.19. The van der Waals surface area contributed by atoms with Crippen LogP contribution in [0.2, 0.25) is 0 Å². The Hall–Kier alpha value is -3.42. The molecule has 0 bridgehead atoms. The van der Waals surface area contributed by atoms with Crippen molar-refractivity contribution in [3.05, 3.63) is 60.1 Å². The summed E-state index contributed by atoms with van der Waals surface area (Å²) in [5.41, 5.74) is 0.444. The Kier molecular flexibility index (Phi) is 4.02. The van der Waals surface area contributed by atoms with E-state index in [0.717, 1.165) is 16.2 Å². The smallest absolute Gasteiger partial charge is 0.325 e. The van der Waals surface area contributed by atoms with E-state index >= 15 is 0 Å². The van der Waals surface area contributed by atoms with E-state index in [4.69, 9.17) is 4.42 Å². The Morgan fingerprint density at radius 3 is 2.70 bits per heavy atom. The van der Waals surface area contributed by atoms with Gasteiger partial charge in [0.1, 0.15) is 12.3 Å². The van der Waals surface area contributed by atoms with E-state index in [2.05, 4.69) is 10.4 Å². The molecule has 0 radical (unpaired) electrons. The van der Waals surface area contributed by atoms with Gasteiger partial charge in [-0.05, 0) is 24.6 Å². The van der Waals surface area contributed by atoms with Crippen LogP contribution in [0.25, 0.3) is 0 Å². The molecule has 27 heavy (non-hydrogen) atoms. The molecule has 2 aromatic rings. The van der Waals surface area contributed by atoms with Gasteiger partial charge in [-0.25, -0.2) is 9.80 Å². The molecule has 2 aliphatic heterocycles. The summed E-state index contributed by atoms with van der Waals surface area (Å²) >= 11 is 0. The molecule has 1 atom stereocenters. The van der Waals surface area contributed by atoms with Crippen LogP contribution in [0, 0.1) is 0 Å². The first-order chi connectivity index (χ1) is 13.0. The monoisotopic (exact) mass is 366 g/mol. The van der Waals surface area contributed by atoms with Gasteiger partial charge in [0.25, 0.3) is 11.8 Å². The number of hydrazone groups is 1. The summed E-state index contributed by atoms with van der Waals surface area (Å²) in [7, 11) is 0. The molecule has 8 nitrogen and oxygen atoms in total. The zero-order valence-corrected chi connectivity index (χ0v) is 14.7. The first kappa shape index (κ1) is 17.0. The molecule has 1 fully saturated rings. The van der Waals surface area contributed by atoms with Crippen LogP contribution < -0.4 is 5.32 Å². The molecule has 0 spiro atoms. The Bertz CT molecular complexity index is 922. The van der Waals surface area contributed by atoms with Gasteiger partial charge in [-0.2, -0.15) is 5.10 Å². The van der Waals surface area contributed by atoms with Crippen molar-refractivity contribution < 1.29 is 18.8 Å². The number of carbonyl (C=O) groups excluding carboxylic acids is 3. The molecule has 4 amide bonds. The Morgan fingerprint density at radius 2 is 2.00 bits per heavy atom. The second-order valence-electron chi connectivity index (χ2n) is 6.60. The van der Waals surface area contributed by atoms with Crippen molar-refractivity contribution in [2.45, 2.75) is 18.9 Å². The van der Waals surface area contributed by atoms with E-state index in [-0.39, 0.29) is 6.54 Å². The maximum Gasteiger partial charge on any atom is 0.325 e. The topological polar surface area (TPSA) is 95.2 Å². The molecule has 1 aromatic carbocycles. The molecule has 1 N–H and O–H groups in total. The van der Waals surface area contributed by atoms with Crippen molar-refractivity contribution in [3.8, 4) is 0 Å². The maximum atomic E-state index is 12.7. The molecule has 138 valence electrons. The largest absolute Gasteiger partial charge is 0.466 e. The highest BCUT2D eigenvalue weighted by Crippen LogP contribution is 2.29. The van der Waals surface area contributed by atoms with Crippen molar-refractivity contribution in [1.29, 1.82) is 0 Å². The third kappa shape index (κ3) is 2.88. The van der Waals surface area contributed by atoms with Gasteiger partial charge in [0, 0.05) is 6.42 Å². The fourth-order valence-corrected chi connectivity index (χ4v) is 3.26. The van der Waals surface area contributed by atoms with Gasteiger partial charge in [0.15, 0.2) is 5.54 Å². The van der Waals surface area contributed by atoms with Crippen LogP contribution in [0.4, 0.5) is 4.79 Å². The lowest BCUT2D eigenvalue weighted by molar-refractivity contribution is -0.138. The molecule has 0 unspecified atom stereocenters. The van der Waals surface area contributed by atoms with Crippen molar-refractivity contribution in [2.24, 2.45) is 5.10 Å². The van der Waals surface area contributed by atoms with E-state index in [1.165, 1.54) is 11.3 Å². The lowest BCUT2D eigenvalue weighted by atomic mass is 9.99. The SMILES string of the molecule is C[C@@]1(c2ccco2)NC(=O)N(CC(=O)N2CCC(c3ccccc3)=N2)C1=O. The zero-order valence-electron chi connectivity index (χ0n) is 14.7. The normalized spacial score (nSPS) is 22.2.